The molecule has 6 nitrogen and oxygen atoms in total. The average Bonchev–Trinajstić information content (AvgIpc) is 2.60. The van der Waals surface area contributed by atoms with E-state index in [1.165, 1.54) is 18.6 Å². The normalized spacial score (nSPS) is 16.0. The van der Waals surface area contributed by atoms with Gasteiger partial charge in [0.2, 0.25) is 10.0 Å². The van der Waals surface area contributed by atoms with Crippen molar-refractivity contribution < 1.29 is 17.9 Å². The summed E-state index contributed by atoms with van der Waals surface area (Å²) < 4.78 is 32.0. The van der Waals surface area contributed by atoms with Crippen LogP contribution in [0.1, 0.15) is 48.9 Å². The van der Waals surface area contributed by atoms with Gasteiger partial charge in [0.05, 0.1) is 4.90 Å². The number of hydrogen-bond acceptors (Lipinski definition) is 4. The summed E-state index contributed by atoms with van der Waals surface area (Å²) in [6, 6.07) is 6.35. The minimum atomic E-state index is -3.62. The molecule has 1 aliphatic carbocycles. The highest BCUT2D eigenvalue weighted by Gasteiger charge is 2.19. The van der Waals surface area contributed by atoms with Crippen molar-refractivity contribution in [2.75, 3.05) is 20.3 Å². The second-order valence-corrected chi connectivity index (χ2v) is 7.85. The van der Waals surface area contributed by atoms with E-state index in [4.69, 9.17) is 4.74 Å². The Balaban J connectivity index is 2.00. The zero-order valence-corrected chi connectivity index (χ0v) is 14.9. The molecule has 2 N–H and O–H groups in total. The van der Waals surface area contributed by atoms with Crippen molar-refractivity contribution in [2.45, 2.75) is 49.5 Å². The molecule has 0 saturated heterocycles. The number of hydrogen-bond donors (Lipinski definition) is 2. The Morgan fingerprint density at radius 1 is 1.25 bits per heavy atom. The predicted molar refractivity (Wildman–Crippen MR) is 92.5 cm³/mol. The second-order valence-electron chi connectivity index (χ2n) is 6.08. The summed E-state index contributed by atoms with van der Waals surface area (Å²) in [5.41, 5.74) is 0.375. The molecule has 0 aromatic heterocycles. The van der Waals surface area contributed by atoms with E-state index in [1.807, 2.05) is 0 Å². The summed E-state index contributed by atoms with van der Waals surface area (Å²) in [5, 5.41) is 3.00. The van der Waals surface area contributed by atoms with Gasteiger partial charge in [-0.15, -0.1) is 0 Å². The van der Waals surface area contributed by atoms with Gasteiger partial charge in [-0.2, -0.15) is 0 Å². The number of benzene rings is 1. The van der Waals surface area contributed by atoms with Gasteiger partial charge >= 0.3 is 0 Å². The predicted octanol–water partition coefficient (Wildman–Crippen LogP) is 2.06. The average molecular weight is 354 g/mol. The van der Waals surface area contributed by atoms with Crippen LogP contribution in [-0.4, -0.2) is 40.6 Å². The van der Waals surface area contributed by atoms with Crippen LogP contribution in [0.25, 0.3) is 0 Å². The summed E-state index contributed by atoms with van der Waals surface area (Å²) >= 11 is 0. The largest absolute Gasteiger partial charge is 0.385 e. The fourth-order valence-corrected chi connectivity index (χ4v) is 3.95. The van der Waals surface area contributed by atoms with Gasteiger partial charge in [0.15, 0.2) is 0 Å². The molecule has 0 aliphatic heterocycles. The Kier molecular flexibility index (Phi) is 7.20. The van der Waals surface area contributed by atoms with E-state index in [1.54, 1.807) is 19.2 Å². The second kappa shape index (κ2) is 9.15. The summed E-state index contributed by atoms with van der Waals surface area (Å²) in [6.07, 6.45) is 6.05. The molecule has 7 heteroatoms. The summed E-state index contributed by atoms with van der Waals surface area (Å²) in [4.78, 5) is 12.5. The Morgan fingerprint density at radius 2 is 2.00 bits per heavy atom. The van der Waals surface area contributed by atoms with Crippen LogP contribution in [0.3, 0.4) is 0 Å². The summed E-state index contributed by atoms with van der Waals surface area (Å²) in [5.74, 6) is -0.210. The molecule has 2 rings (SSSR count). The lowest BCUT2D eigenvalue weighted by Crippen LogP contribution is -2.36. The van der Waals surface area contributed by atoms with Gasteiger partial charge in [-0.25, -0.2) is 13.1 Å². The van der Waals surface area contributed by atoms with E-state index < -0.39 is 10.0 Å². The number of carbonyl (C=O) groups is 1. The van der Waals surface area contributed by atoms with E-state index in [0.717, 1.165) is 25.7 Å². The van der Waals surface area contributed by atoms with E-state index in [2.05, 4.69) is 10.0 Å². The molecular formula is C17H26N2O4S. The molecule has 1 amide bonds. The van der Waals surface area contributed by atoms with E-state index in [-0.39, 0.29) is 16.8 Å². The van der Waals surface area contributed by atoms with E-state index in [0.29, 0.717) is 25.1 Å². The molecule has 1 saturated carbocycles. The van der Waals surface area contributed by atoms with Crippen LogP contribution in [0.4, 0.5) is 0 Å². The molecule has 0 bridgehead atoms. The molecule has 1 aromatic carbocycles. The van der Waals surface area contributed by atoms with Crippen molar-refractivity contribution in [3.05, 3.63) is 29.8 Å². The van der Waals surface area contributed by atoms with Crippen LogP contribution >= 0.6 is 0 Å². The van der Waals surface area contributed by atoms with Gasteiger partial charge in [0, 0.05) is 31.9 Å². The Morgan fingerprint density at radius 3 is 2.71 bits per heavy atom. The van der Waals surface area contributed by atoms with Gasteiger partial charge in [-0.1, -0.05) is 25.3 Å². The van der Waals surface area contributed by atoms with Crippen LogP contribution in [-0.2, 0) is 14.8 Å². The monoisotopic (exact) mass is 354 g/mol. The molecule has 0 atom stereocenters. The number of methoxy groups -OCH3 is 1. The molecular weight excluding hydrogens is 328 g/mol. The maximum Gasteiger partial charge on any atom is 0.251 e. The molecule has 0 spiro atoms. The smallest absolute Gasteiger partial charge is 0.251 e. The van der Waals surface area contributed by atoms with Crippen molar-refractivity contribution in [1.29, 1.82) is 0 Å². The Hall–Kier alpha value is -1.44. The summed E-state index contributed by atoms with van der Waals surface area (Å²) in [6.45, 7) is 0.793. The quantitative estimate of drug-likeness (QED) is 0.700. The molecule has 0 unspecified atom stereocenters. The fraction of sp³-hybridized carbons (Fsp3) is 0.588. The lowest BCUT2D eigenvalue weighted by molar-refractivity contribution is 0.0927. The molecule has 0 radical (unpaired) electrons. The van der Waals surface area contributed by atoms with Crippen LogP contribution in [0.5, 0.6) is 0 Å². The van der Waals surface area contributed by atoms with Gasteiger partial charge in [-0.05, 0) is 37.5 Å². The van der Waals surface area contributed by atoms with Crippen LogP contribution in [0.2, 0.25) is 0 Å². The molecule has 1 fully saturated rings. The minimum Gasteiger partial charge on any atom is -0.385 e. The number of carbonyl (C=O) groups excluding carboxylic acids is 1. The highest BCUT2D eigenvalue weighted by Crippen LogP contribution is 2.18. The van der Waals surface area contributed by atoms with Gasteiger partial charge in [-0.3, -0.25) is 4.79 Å². The third-order valence-corrected chi connectivity index (χ3v) is 5.62. The van der Waals surface area contributed by atoms with E-state index >= 15 is 0 Å². The lowest BCUT2D eigenvalue weighted by Gasteiger charge is -2.22. The molecule has 134 valence electrons. The van der Waals surface area contributed by atoms with Crippen molar-refractivity contribution >= 4 is 15.9 Å². The third kappa shape index (κ3) is 5.58. The maximum atomic E-state index is 12.3. The number of nitrogens with one attached hydrogen (secondary N) is 2. The first-order valence-electron chi connectivity index (χ1n) is 8.42. The highest BCUT2D eigenvalue weighted by atomic mass is 32.2. The van der Waals surface area contributed by atoms with Crippen molar-refractivity contribution in [2.24, 2.45) is 0 Å². The SMILES string of the molecule is COCCCNS(=O)(=O)c1cccc(C(=O)NC2CCCCC2)c1. The molecule has 1 aliphatic rings. The standard InChI is InChI=1S/C17H26N2O4S/c1-23-12-6-11-18-24(21,22)16-10-5-7-14(13-16)17(20)19-15-8-3-2-4-9-15/h5,7,10,13,15,18H,2-4,6,8-9,11-12H2,1H3,(H,19,20). The van der Waals surface area contributed by atoms with Crippen LogP contribution in [0.15, 0.2) is 29.2 Å². The first-order valence-corrected chi connectivity index (χ1v) is 9.91. The first kappa shape index (κ1) is 18.9. The number of sulfonamides is 1. The minimum absolute atomic E-state index is 0.108. The first-order chi connectivity index (χ1) is 11.5. The topological polar surface area (TPSA) is 84.5 Å². The Labute approximate surface area is 144 Å². The molecule has 1 aromatic rings. The number of ether oxygens (including phenoxy) is 1. The lowest BCUT2D eigenvalue weighted by atomic mass is 9.95. The molecule has 0 heterocycles. The zero-order chi connectivity index (χ0) is 17.4. The Bertz CT molecular complexity index is 640. The maximum absolute atomic E-state index is 12.3. The fourth-order valence-electron chi connectivity index (χ4n) is 2.83. The van der Waals surface area contributed by atoms with Crippen molar-refractivity contribution in [1.82, 2.24) is 10.0 Å². The van der Waals surface area contributed by atoms with Crippen LogP contribution < -0.4 is 10.0 Å². The number of amides is 1. The van der Waals surface area contributed by atoms with Gasteiger partial charge in [0.25, 0.3) is 5.91 Å². The van der Waals surface area contributed by atoms with Crippen LogP contribution in [0, 0.1) is 0 Å². The zero-order valence-electron chi connectivity index (χ0n) is 14.1. The third-order valence-electron chi connectivity index (χ3n) is 4.16. The van der Waals surface area contributed by atoms with E-state index in [9.17, 15) is 13.2 Å². The molecule has 24 heavy (non-hydrogen) atoms. The highest BCUT2D eigenvalue weighted by molar-refractivity contribution is 7.89. The summed E-state index contributed by atoms with van der Waals surface area (Å²) in [7, 11) is -2.04. The number of rotatable bonds is 8. The van der Waals surface area contributed by atoms with Crippen molar-refractivity contribution in [3.8, 4) is 0 Å². The van der Waals surface area contributed by atoms with Gasteiger partial charge < -0.3 is 10.1 Å². The van der Waals surface area contributed by atoms with Gasteiger partial charge in [0.1, 0.15) is 0 Å². The van der Waals surface area contributed by atoms with Crippen molar-refractivity contribution in [3.63, 3.8) is 0 Å².